The molecule has 2 aromatic carbocycles. The number of esters is 1. The fourth-order valence-corrected chi connectivity index (χ4v) is 3.74. The number of carbonyl (C=O) groups excluding carboxylic acids is 2. The smallest absolute Gasteiger partial charge is 0.345 e. The molecule has 9 nitrogen and oxygen atoms in total. The molecule has 0 bridgehead atoms. The van der Waals surface area contributed by atoms with Crippen molar-refractivity contribution in [3.05, 3.63) is 69.5 Å². The van der Waals surface area contributed by atoms with E-state index >= 15 is 0 Å². The summed E-state index contributed by atoms with van der Waals surface area (Å²) in [5.74, 6) is -1.35. The number of anilines is 2. The number of ether oxygens (including phenoxy) is 1. The molecule has 1 aliphatic heterocycles. The minimum absolute atomic E-state index is 0.179. The van der Waals surface area contributed by atoms with Gasteiger partial charge in [0.1, 0.15) is 23.0 Å². The van der Waals surface area contributed by atoms with Crippen LogP contribution in [-0.2, 0) is 9.53 Å². The van der Waals surface area contributed by atoms with E-state index in [9.17, 15) is 25.0 Å². The number of carbonyl (C=O) groups is 2. The number of Topliss-reactive ketones (excluding diaryl/α,β-unsaturated/α-hetero) is 1. The maximum absolute atomic E-state index is 12.7. The Hall–Kier alpha value is -3.84. The lowest BCUT2D eigenvalue weighted by Gasteiger charge is -2.19. The Morgan fingerprint density at radius 2 is 1.77 bits per heavy atom. The van der Waals surface area contributed by atoms with Gasteiger partial charge in [-0.1, -0.05) is 12.1 Å². The highest BCUT2D eigenvalue weighted by Gasteiger charge is 2.32. The van der Waals surface area contributed by atoms with Crippen LogP contribution in [0.25, 0.3) is 0 Å². The molecule has 0 aromatic heterocycles. The molecule has 0 unspecified atom stereocenters. The molecule has 0 atom stereocenters. The van der Waals surface area contributed by atoms with Gasteiger partial charge in [-0.2, -0.15) is 5.26 Å². The minimum Gasteiger partial charge on any atom is -0.453 e. The summed E-state index contributed by atoms with van der Waals surface area (Å²) in [6.45, 7) is -0.718. The first-order valence-corrected chi connectivity index (χ1v) is 10.3. The number of hydrogen-bond donors (Lipinski definition) is 0. The van der Waals surface area contributed by atoms with Crippen molar-refractivity contribution in [2.45, 2.75) is 4.90 Å². The summed E-state index contributed by atoms with van der Waals surface area (Å²) in [4.78, 5) is 39.8. The molecule has 10 heteroatoms. The number of rotatable bonds is 6. The molecule has 0 amide bonds. The predicted octanol–water partition coefficient (Wildman–Crippen LogP) is 3.36. The Morgan fingerprint density at radius 1 is 1.16 bits per heavy atom. The Kier molecular flexibility index (Phi) is 6.27. The number of thioether (sulfide) groups is 1. The van der Waals surface area contributed by atoms with E-state index in [2.05, 4.69) is 0 Å². The highest BCUT2D eigenvalue weighted by atomic mass is 32.2. The van der Waals surface area contributed by atoms with Gasteiger partial charge in [0.2, 0.25) is 5.78 Å². The van der Waals surface area contributed by atoms with Gasteiger partial charge in [-0.15, -0.1) is 11.8 Å². The number of nitriles is 1. The predicted molar refractivity (Wildman–Crippen MR) is 116 cm³/mol. The fourth-order valence-electron chi connectivity index (χ4n) is 3.30. The summed E-state index contributed by atoms with van der Waals surface area (Å²) in [5.41, 5.74) is 0.795. The molecule has 0 N–H and O–H groups in total. The Morgan fingerprint density at radius 3 is 2.29 bits per heavy atom. The third-order valence-corrected chi connectivity index (χ3v) is 5.53. The first-order valence-electron chi connectivity index (χ1n) is 9.03. The van der Waals surface area contributed by atoms with E-state index in [1.54, 1.807) is 30.2 Å². The monoisotopic (exact) mass is 438 g/mol. The van der Waals surface area contributed by atoms with Crippen molar-refractivity contribution in [1.82, 2.24) is 0 Å². The summed E-state index contributed by atoms with van der Waals surface area (Å²) in [5, 5.41) is 20.9. The highest BCUT2D eigenvalue weighted by molar-refractivity contribution is 7.98. The lowest BCUT2D eigenvalue weighted by Crippen LogP contribution is -2.28. The molecule has 1 heterocycles. The number of hydrogen-bond acceptors (Lipinski definition) is 9. The number of benzene rings is 2. The van der Waals surface area contributed by atoms with E-state index < -0.39 is 29.0 Å². The van der Waals surface area contributed by atoms with Crippen LogP contribution in [-0.4, -0.2) is 43.6 Å². The summed E-state index contributed by atoms with van der Waals surface area (Å²) < 4.78 is 5.05. The molecule has 0 saturated heterocycles. The Bertz CT molecular complexity index is 1120. The number of nitro groups is 1. The molecule has 2 aromatic rings. The zero-order chi connectivity index (χ0) is 22.7. The molecule has 0 spiro atoms. The maximum atomic E-state index is 12.7. The Balaban J connectivity index is 1.84. The van der Waals surface area contributed by atoms with Crippen molar-refractivity contribution in [2.24, 2.45) is 0 Å². The van der Waals surface area contributed by atoms with Crippen molar-refractivity contribution in [3.8, 4) is 6.07 Å². The standard InChI is InChI=1S/C21H18N4O5S/c1-23-17-6-4-5-7-18(17)24(2)20(23)15(11-22)19(26)12-30-21(27)14-10-13(31-3)8-9-16(14)25(28)29/h4-10H,12H2,1-3H3. The largest absolute Gasteiger partial charge is 0.453 e. The lowest BCUT2D eigenvalue weighted by atomic mass is 10.1. The van der Waals surface area contributed by atoms with Gasteiger partial charge in [0, 0.05) is 25.1 Å². The van der Waals surface area contributed by atoms with E-state index in [0.29, 0.717) is 10.7 Å². The Labute approximate surface area is 182 Å². The SMILES string of the molecule is CSc1ccc([N+](=O)[O-])c(C(=O)OCC(=O)C(C#N)=C2N(C)c3ccccc3N2C)c1. The zero-order valence-electron chi connectivity index (χ0n) is 17.0. The average molecular weight is 438 g/mol. The van der Waals surface area contributed by atoms with E-state index in [4.69, 9.17) is 4.74 Å². The average Bonchev–Trinajstić information content (AvgIpc) is 3.03. The van der Waals surface area contributed by atoms with Crippen LogP contribution < -0.4 is 9.80 Å². The number of ketones is 1. The van der Waals surface area contributed by atoms with Crippen LogP contribution in [0.3, 0.4) is 0 Å². The number of nitro benzene ring substituents is 1. The van der Waals surface area contributed by atoms with Crippen LogP contribution in [0.4, 0.5) is 17.1 Å². The molecule has 0 aliphatic carbocycles. The van der Waals surface area contributed by atoms with E-state index in [1.807, 2.05) is 30.3 Å². The summed E-state index contributed by atoms with van der Waals surface area (Å²) >= 11 is 1.31. The van der Waals surface area contributed by atoms with Gasteiger partial charge in [-0.3, -0.25) is 14.9 Å². The van der Waals surface area contributed by atoms with Gasteiger partial charge >= 0.3 is 5.97 Å². The number of nitrogens with zero attached hydrogens (tertiary/aromatic N) is 4. The first-order chi connectivity index (χ1) is 14.8. The molecule has 0 fully saturated rings. The van der Waals surface area contributed by atoms with E-state index in [-0.39, 0.29) is 11.1 Å². The third kappa shape index (κ3) is 4.08. The molecule has 158 valence electrons. The second-order valence-corrected chi connectivity index (χ2v) is 7.44. The quantitative estimate of drug-likeness (QED) is 0.167. The van der Waals surface area contributed by atoms with Crippen LogP contribution >= 0.6 is 11.8 Å². The van der Waals surface area contributed by atoms with E-state index in [1.165, 1.54) is 30.0 Å². The van der Waals surface area contributed by atoms with Gasteiger partial charge in [0.15, 0.2) is 6.61 Å². The summed E-state index contributed by atoms with van der Waals surface area (Å²) in [6.07, 6.45) is 1.76. The molecule has 1 aliphatic rings. The topological polar surface area (TPSA) is 117 Å². The van der Waals surface area contributed by atoms with Gasteiger partial charge in [-0.25, -0.2) is 4.79 Å². The normalized spacial score (nSPS) is 12.3. The van der Waals surface area contributed by atoms with Crippen molar-refractivity contribution in [1.29, 1.82) is 5.26 Å². The maximum Gasteiger partial charge on any atom is 0.345 e. The lowest BCUT2D eigenvalue weighted by molar-refractivity contribution is -0.385. The van der Waals surface area contributed by atoms with Gasteiger partial charge in [0.05, 0.1) is 16.3 Å². The zero-order valence-corrected chi connectivity index (χ0v) is 17.8. The van der Waals surface area contributed by atoms with Crippen LogP contribution in [0, 0.1) is 21.4 Å². The van der Waals surface area contributed by atoms with Crippen molar-refractivity contribution in [2.75, 3.05) is 36.8 Å². The van der Waals surface area contributed by atoms with Crippen LogP contribution in [0.1, 0.15) is 10.4 Å². The third-order valence-electron chi connectivity index (χ3n) is 4.81. The van der Waals surface area contributed by atoms with Crippen molar-refractivity contribution < 1.29 is 19.2 Å². The second-order valence-electron chi connectivity index (χ2n) is 6.56. The van der Waals surface area contributed by atoms with Crippen molar-refractivity contribution in [3.63, 3.8) is 0 Å². The molecule has 3 rings (SSSR count). The van der Waals surface area contributed by atoms with E-state index in [0.717, 1.165) is 11.4 Å². The second kappa shape index (κ2) is 8.89. The molecular weight excluding hydrogens is 420 g/mol. The number of para-hydroxylation sites is 2. The van der Waals surface area contributed by atoms with Crippen molar-refractivity contribution >= 4 is 40.6 Å². The van der Waals surface area contributed by atoms with Crippen LogP contribution in [0.5, 0.6) is 0 Å². The molecule has 31 heavy (non-hydrogen) atoms. The molecule has 0 saturated carbocycles. The fraction of sp³-hybridized carbons (Fsp3) is 0.190. The summed E-state index contributed by atoms with van der Waals surface area (Å²) in [7, 11) is 3.46. The molecule has 0 radical (unpaired) electrons. The highest BCUT2D eigenvalue weighted by Crippen LogP contribution is 2.40. The first kappa shape index (κ1) is 21.9. The summed E-state index contributed by atoms with van der Waals surface area (Å²) in [6, 6.07) is 13.4. The van der Waals surface area contributed by atoms with Gasteiger partial charge < -0.3 is 14.5 Å². The minimum atomic E-state index is -1.00. The number of fused-ring (bicyclic) bond motifs is 1. The van der Waals surface area contributed by atoms with Gasteiger partial charge in [-0.05, 0) is 30.5 Å². The molecular formula is C21H18N4O5S. The van der Waals surface area contributed by atoms with Crippen LogP contribution in [0.2, 0.25) is 0 Å². The van der Waals surface area contributed by atoms with Gasteiger partial charge in [0.25, 0.3) is 5.69 Å². The van der Waals surface area contributed by atoms with Crippen LogP contribution in [0.15, 0.2) is 58.8 Å².